The van der Waals surface area contributed by atoms with Crippen molar-refractivity contribution in [2.45, 2.75) is 6.42 Å². The summed E-state index contributed by atoms with van der Waals surface area (Å²) in [7, 11) is 1.28. The molecule has 4 nitrogen and oxygen atoms in total. The van der Waals surface area contributed by atoms with E-state index in [1.54, 1.807) is 0 Å². The molecule has 0 bridgehead atoms. The van der Waals surface area contributed by atoms with E-state index in [1.807, 2.05) is 0 Å². The van der Waals surface area contributed by atoms with Crippen LogP contribution in [0.2, 0.25) is 5.28 Å². The molecule has 0 radical (unpaired) electrons. The van der Waals surface area contributed by atoms with E-state index in [0.29, 0.717) is 16.6 Å². The van der Waals surface area contributed by atoms with Crippen molar-refractivity contribution in [1.82, 2.24) is 9.97 Å². The van der Waals surface area contributed by atoms with E-state index in [4.69, 9.17) is 11.6 Å². The number of fused-ring (bicyclic) bond motifs is 1. The lowest BCUT2D eigenvalue weighted by molar-refractivity contribution is -0.139. The highest BCUT2D eigenvalue weighted by atomic mass is 35.5. The smallest absolute Gasteiger partial charge is 0.311 e. The first-order chi connectivity index (χ1) is 8.10. The van der Waals surface area contributed by atoms with Crippen molar-refractivity contribution in [2.24, 2.45) is 0 Å². The standard InChI is InChI=1S/C11H8ClFN2O2/c1-17-10(16)5-9-7-3-2-6(13)4-8(7)14-11(12)15-9/h2-4H,5H2,1H3. The van der Waals surface area contributed by atoms with Gasteiger partial charge < -0.3 is 4.74 Å². The predicted molar refractivity (Wildman–Crippen MR) is 60.2 cm³/mol. The van der Waals surface area contributed by atoms with E-state index in [2.05, 4.69) is 14.7 Å². The zero-order valence-corrected chi connectivity index (χ0v) is 9.66. The Morgan fingerprint density at radius 1 is 1.47 bits per heavy atom. The molecule has 6 heteroatoms. The average Bonchev–Trinajstić information content (AvgIpc) is 2.27. The molecule has 2 rings (SSSR count). The van der Waals surface area contributed by atoms with E-state index in [9.17, 15) is 9.18 Å². The molecule has 0 atom stereocenters. The number of nitrogens with zero attached hydrogens (tertiary/aromatic N) is 2. The second-order valence-electron chi connectivity index (χ2n) is 3.35. The molecular weight excluding hydrogens is 247 g/mol. The lowest BCUT2D eigenvalue weighted by Crippen LogP contribution is -2.07. The fourth-order valence-electron chi connectivity index (χ4n) is 1.48. The van der Waals surface area contributed by atoms with Crippen LogP contribution in [0.1, 0.15) is 5.69 Å². The molecule has 0 unspecified atom stereocenters. The first-order valence-electron chi connectivity index (χ1n) is 4.78. The molecule has 1 aromatic heterocycles. The van der Waals surface area contributed by atoms with Crippen LogP contribution in [0.3, 0.4) is 0 Å². The van der Waals surface area contributed by atoms with Gasteiger partial charge in [-0.05, 0) is 23.7 Å². The van der Waals surface area contributed by atoms with Crippen molar-refractivity contribution in [1.29, 1.82) is 0 Å². The summed E-state index contributed by atoms with van der Waals surface area (Å²) in [6, 6.07) is 4.03. The highest BCUT2D eigenvalue weighted by molar-refractivity contribution is 6.28. The van der Waals surface area contributed by atoms with Gasteiger partial charge in [-0.2, -0.15) is 0 Å². The van der Waals surface area contributed by atoms with Gasteiger partial charge in [-0.25, -0.2) is 14.4 Å². The molecule has 0 aliphatic rings. The lowest BCUT2D eigenvalue weighted by Gasteiger charge is -2.05. The quantitative estimate of drug-likeness (QED) is 0.609. The molecule has 1 heterocycles. The second kappa shape index (κ2) is 4.63. The number of carbonyl (C=O) groups is 1. The first-order valence-corrected chi connectivity index (χ1v) is 5.16. The van der Waals surface area contributed by atoms with E-state index < -0.39 is 11.8 Å². The summed E-state index contributed by atoms with van der Waals surface area (Å²) in [5.74, 6) is -0.860. The average molecular weight is 255 g/mol. The summed E-state index contributed by atoms with van der Waals surface area (Å²) in [6.45, 7) is 0. The van der Waals surface area contributed by atoms with Crippen LogP contribution < -0.4 is 0 Å². The Balaban J connectivity index is 2.57. The van der Waals surface area contributed by atoms with Crippen molar-refractivity contribution in [3.63, 3.8) is 0 Å². The molecule has 0 aliphatic heterocycles. The Hall–Kier alpha value is -1.75. The largest absolute Gasteiger partial charge is 0.469 e. The van der Waals surface area contributed by atoms with Crippen LogP contribution in [0.4, 0.5) is 4.39 Å². The highest BCUT2D eigenvalue weighted by Crippen LogP contribution is 2.19. The zero-order valence-electron chi connectivity index (χ0n) is 8.91. The molecule has 0 N–H and O–H groups in total. The van der Waals surface area contributed by atoms with Crippen molar-refractivity contribution >= 4 is 28.5 Å². The normalized spacial score (nSPS) is 10.5. The fourth-order valence-corrected chi connectivity index (χ4v) is 1.67. The molecule has 0 spiro atoms. The van der Waals surface area contributed by atoms with E-state index >= 15 is 0 Å². The van der Waals surface area contributed by atoms with Crippen LogP contribution in [0.5, 0.6) is 0 Å². The van der Waals surface area contributed by atoms with Gasteiger partial charge in [0.05, 0.1) is 24.7 Å². The minimum absolute atomic E-state index is 0.0259. The summed E-state index contributed by atoms with van der Waals surface area (Å²) in [4.78, 5) is 19.0. The van der Waals surface area contributed by atoms with Crippen molar-refractivity contribution in [3.8, 4) is 0 Å². The van der Waals surface area contributed by atoms with Gasteiger partial charge in [0, 0.05) is 11.5 Å². The summed E-state index contributed by atoms with van der Waals surface area (Å²) in [5.41, 5.74) is 0.788. The number of halogens is 2. The Bertz CT molecular complexity index is 584. The molecule has 0 amide bonds. The highest BCUT2D eigenvalue weighted by Gasteiger charge is 2.11. The minimum atomic E-state index is -0.439. The molecule has 0 saturated heterocycles. The predicted octanol–water partition coefficient (Wildman–Crippen LogP) is 2.14. The number of aromatic nitrogens is 2. The van der Waals surface area contributed by atoms with Crippen LogP contribution in [-0.2, 0) is 16.0 Å². The maximum atomic E-state index is 13.0. The number of methoxy groups -OCH3 is 1. The van der Waals surface area contributed by atoms with E-state index in [-0.39, 0.29) is 11.7 Å². The molecule has 0 saturated carbocycles. The minimum Gasteiger partial charge on any atom is -0.469 e. The summed E-state index contributed by atoms with van der Waals surface area (Å²) < 4.78 is 17.6. The van der Waals surface area contributed by atoms with Gasteiger partial charge in [-0.15, -0.1) is 0 Å². The van der Waals surface area contributed by atoms with Gasteiger partial charge in [0.25, 0.3) is 0 Å². The molecular formula is C11H8ClFN2O2. The van der Waals surface area contributed by atoms with Gasteiger partial charge in [0.1, 0.15) is 5.82 Å². The Kier molecular flexibility index (Phi) is 3.19. The second-order valence-corrected chi connectivity index (χ2v) is 3.69. The number of esters is 1. The van der Waals surface area contributed by atoms with Crippen LogP contribution in [0.15, 0.2) is 18.2 Å². The first kappa shape index (κ1) is 11.7. The topological polar surface area (TPSA) is 52.1 Å². The third-order valence-corrected chi connectivity index (χ3v) is 2.42. The van der Waals surface area contributed by atoms with Crippen LogP contribution in [0, 0.1) is 5.82 Å². The maximum Gasteiger partial charge on any atom is 0.311 e. The molecule has 17 heavy (non-hydrogen) atoms. The number of carbonyl (C=O) groups excluding carboxylic acids is 1. The Labute approximate surface area is 101 Å². The molecule has 88 valence electrons. The number of hydrogen-bond acceptors (Lipinski definition) is 4. The van der Waals surface area contributed by atoms with Crippen molar-refractivity contribution < 1.29 is 13.9 Å². The molecule has 0 fully saturated rings. The molecule has 0 aliphatic carbocycles. The number of hydrogen-bond donors (Lipinski definition) is 0. The SMILES string of the molecule is COC(=O)Cc1nc(Cl)nc2cc(F)ccc12. The van der Waals surface area contributed by atoms with E-state index in [0.717, 1.165) is 0 Å². The van der Waals surface area contributed by atoms with Crippen molar-refractivity contribution in [3.05, 3.63) is 35.0 Å². The number of benzene rings is 1. The van der Waals surface area contributed by atoms with Crippen molar-refractivity contribution in [2.75, 3.05) is 7.11 Å². The summed E-state index contributed by atoms with van der Waals surface area (Å²) in [6.07, 6.45) is -0.0269. The van der Waals surface area contributed by atoms with E-state index in [1.165, 1.54) is 25.3 Å². The zero-order chi connectivity index (χ0) is 12.4. The third-order valence-electron chi connectivity index (χ3n) is 2.25. The maximum absolute atomic E-state index is 13.0. The summed E-state index contributed by atoms with van der Waals surface area (Å²) >= 11 is 5.71. The van der Waals surface area contributed by atoms with Gasteiger partial charge >= 0.3 is 5.97 Å². The van der Waals surface area contributed by atoms with Crippen LogP contribution in [-0.4, -0.2) is 23.0 Å². The molecule has 2 aromatic rings. The third kappa shape index (κ3) is 2.50. The fraction of sp³-hybridized carbons (Fsp3) is 0.182. The lowest BCUT2D eigenvalue weighted by atomic mass is 10.1. The van der Waals surface area contributed by atoms with Gasteiger partial charge in [-0.1, -0.05) is 0 Å². The summed E-state index contributed by atoms with van der Waals surface area (Å²) in [5, 5.41) is 0.559. The molecule has 1 aromatic carbocycles. The van der Waals surface area contributed by atoms with Gasteiger partial charge in [0.15, 0.2) is 0 Å². The number of ether oxygens (including phenoxy) is 1. The van der Waals surface area contributed by atoms with Crippen LogP contribution >= 0.6 is 11.6 Å². The Morgan fingerprint density at radius 3 is 2.94 bits per heavy atom. The Morgan fingerprint density at radius 2 is 2.24 bits per heavy atom. The van der Waals surface area contributed by atoms with Gasteiger partial charge in [-0.3, -0.25) is 4.79 Å². The monoisotopic (exact) mass is 254 g/mol. The number of rotatable bonds is 2. The van der Waals surface area contributed by atoms with Crippen LogP contribution in [0.25, 0.3) is 10.9 Å². The van der Waals surface area contributed by atoms with Gasteiger partial charge in [0.2, 0.25) is 5.28 Å².